The van der Waals surface area contributed by atoms with E-state index in [0.717, 1.165) is 70.1 Å². The van der Waals surface area contributed by atoms with Gasteiger partial charge in [0.05, 0.1) is 0 Å². The molecular formula is C50H96O6. The first-order valence-electron chi connectivity index (χ1n) is 24.9. The lowest BCUT2D eigenvalue weighted by Crippen LogP contribution is -2.30. The Morgan fingerprint density at radius 3 is 0.875 bits per heavy atom. The van der Waals surface area contributed by atoms with Gasteiger partial charge in [-0.15, -0.1) is 0 Å². The maximum atomic E-state index is 12.7. The summed E-state index contributed by atoms with van der Waals surface area (Å²) in [4.78, 5) is 37.6. The molecule has 0 rings (SSSR count). The highest BCUT2D eigenvalue weighted by Crippen LogP contribution is 2.17. The van der Waals surface area contributed by atoms with Crippen LogP contribution in [0, 0.1) is 5.92 Å². The Bertz CT molecular complexity index is 841. The smallest absolute Gasteiger partial charge is 0.306 e. The van der Waals surface area contributed by atoms with E-state index in [1.807, 2.05) is 0 Å². The van der Waals surface area contributed by atoms with Crippen LogP contribution in [0.1, 0.15) is 278 Å². The summed E-state index contributed by atoms with van der Waals surface area (Å²) < 4.78 is 16.7. The van der Waals surface area contributed by atoms with Crippen molar-refractivity contribution in [2.75, 3.05) is 13.2 Å². The Balaban J connectivity index is 4.12. The molecule has 0 aromatic heterocycles. The van der Waals surface area contributed by atoms with Gasteiger partial charge < -0.3 is 14.2 Å². The van der Waals surface area contributed by atoms with Gasteiger partial charge >= 0.3 is 17.9 Å². The molecule has 332 valence electrons. The number of esters is 3. The second-order valence-electron chi connectivity index (χ2n) is 17.6. The van der Waals surface area contributed by atoms with Crippen LogP contribution in [0.3, 0.4) is 0 Å². The molecule has 0 heterocycles. The zero-order valence-electron chi connectivity index (χ0n) is 38.1. The molecule has 0 aliphatic carbocycles. The lowest BCUT2D eigenvalue weighted by molar-refractivity contribution is -0.167. The van der Waals surface area contributed by atoms with Gasteiger partial charge in [-0.1, -0.05) is 240 Å². The summed E-state index contributed by atoms with van der Waals surface area (Å²) >= 11 is 0. The molecule has 0 bridgehead atoms. The quantitative estimate of drug-likeness (QED) is 0.0347. The molecule has 0 aromatic carbocycles. The Kier molecular flexibility index (Phi) is 43.2. The summed E-state index contributed by atoms with van der Waals surface area (Å²) in [7, 11) is 0. The van der Waals surface area contributed by atoms with E-state index in [1.165, 1.54) is 167 Å². The molecule has 0 aliphatic rings. The van der Waals surface area contributed by atoms with Crippen LogP contribution in [0.25, 0.3) is 0 Å². The van der Waals surface area contributed by atoms with Crippen LogP contribution in [-0.2, 0) is 28.6 Å². The summed E-state index contributed by atoms with van der Waals surface area (Å²) in [6.07, 6.45) is 45.5. The van der Waals surface area contributed by atoms with Crippen LogP contribution in [-0.4, -0.2) is 37.2 Å². The van der Waals surface area contributed by atoms with Crippen molar-refractivity contribution in [1.82, 2.24) is 0 Å². The van der Waals surface area contributed by atoms with E-state index in [1.54, 1.807) is 0 Å². The van der Waals surface area contributed by atoms with Crippen molar-refractivity contribution >= 4 is 17.9 Å². The molecule has 6 heteroatoms. The van der Waals surface area contributed by atoms with Crippen LogP contribution in [0.15, 0.2) is 0 Å². The number of rotatable bonds is 45. The van der Waals surface area contributed by atoms with Crippen molar-refractivity contribution in [3.63, 3.8) is 0 Å². The Labute approximate surface area is 348 Å². The predicted octanol–water partition coefficient (Wildman–Crippen LogP) is 15.9. The molecule has 0 saturated heterocycles. The zero-order valence-corrected chi connectivity index (χ0v) is 38.1. The van der Waals surface area contributed by atoms with Gasteiger partial charge in [-0.05, 0) is 25.2 Å². The number of hydrogen-bond donors (Lipinski definition) is 0. The lowest BCUT2D eigenvalue weighted by Gasteiger charge is -2.18. The van der Waals surface area contributed by atoms with Crippen molar-refractivity contribution in [3.8, 4) is 0 Å². The first kappa shape index (κ1) is 54.4. The summed E-state index contributed by atoms with van der Waals surface area (Å²) in [6, 6.07) is 0. The Morgan fingerprint density at radius 2 is 0.589 bits per heavy atom. The number of unbranched alkanes of at least 4 members (excludes halogenated alkanes) is 32. The van der Waals surface area contributed by atoms with Crippen molar-refractivity contribution < 1.29 is 28.6 Å². The Hall–Kier alpha value is -1.59. The molecule has 0 aromatic rings. The molecule has 56 heavy (non-hydrogen) atoms. The van der Waals surface area contributed by atoms with E-state index in [4.69, 9.17) is 14.2 Å². The fourth-order valence-electron chi connectivity index (χ4n) is 7.51. The largest absolute Gasteiger partial charge is 0.462 e. The number of hydrogen-bond acceptors (Lipinski definition) is 6. The van der Waals surface area contributed by atoms with Gasteiger partial charge in [0.1, 0.15) is 13.2 Å². The third kappa shape index (κ3) is 43.5. The average molecular weight is 793 g/mol. The van der Waals surface area contributed by atoms with E-state index in [2.05, 4.69) is 27.7 Å². The van der Waals surface area contributed by atoms with E-state index in [-0.39, 0.29) is 31.1 Å². The van der Waals surface area contributed by atoms with Crippen molar-refractivity contribution in [2.45, 2.75) is 284 Å². The Morgan fingerprint density at radius 1 is 0.339 bits per heavy atom. The number of ether oxygens (including phenoxy) is 3. The van der Waals surface area contributed by atoms with Gasteiger partial charge in [-0.2, -0.15) is 0 Å². The van der Waals surface area contributed by atoms with Crippen LogP contribution >= 0.6 is 0 Å². The minimum absolute atomic E-state index is 0.0643. The minimum Gasteiger partial charge on any atom is -0.462 e. The molecule has 0 unspecified atom stereocenters. The van der Waals surface area contributed by atoms with Crippen LogP contribution in [0.2, 0.25) is 0 Å². The molecule has 0 radical (unpaired) electrons. The predicted molar refractivity (Wildman–Crippen MR) is 238 cm³/mol. The normalized spacial score (nSPS) is 11.9. The maximum Gasteiger partial charge on any atom is 0.306 e. The van der Waals surface area contributed by atoms with E-state index < -0.39 is 6.10 Å². The fourth-order valence-corrected chi connectivity index (χ4v) is 7.51. The maximum absolute atomic E-state index is 12.7. The highest BCUT2D eigenvalue weighted by molar-refractivity contribution is 5.71. The monoisotopic (exact) mass is 793 g/mol. The highest BCUT2D eigenvalue weighted by Gasteiger charge is 2.19. The molecule has 1 atom stereocenters. The summed E-state index contributed by atoms with van der Waals surface area (Å²) in [5.41, 5.74) is 0. The van der Waals surface area contributed by atoms with Crippen LogP contribution in [0.5, 0.6) is 0 Å². The summed E-state index contributed by atoms with van der Waals surface area (Å²) in [6.45, 7) is 8.94. The third-order valence-electron chi connectivity index (χ3n) is 11.3. The molecule has 0 spiro atoms. The summed E-state index contributed by atoms with van der Waals surface area (Å²) in [5.74, 6) is -0.0283. The van der Waals surface area contributed by atoms with Crippen molar-refractivity contribution in [1.29, 1.82) is 0 Å². The van der Waals surface area contributed by atoms with Gasteiger partial charge in [0.25, 0.3) is 0 Å². The molecule has 0 saturated carbocycles. The van der Waals surface area contributed by atoms with Crippen molar-refractivity contribution in [3.05, 3.63) is 0 Å². The van der Waals surface area contributed by atoms with E-state index >= 15 is 0 Å². The third-order valence-corrected chi connectivity index (χ3v) is 11.3. The summed E-state index contributed by atoms with van der Waals surface area (Å²) in [5, 5.41) is 0. The molecule has 0 aliphatic heterocycles. The minimum atomic E-state index is -0.758. The first-order chi connectivity index (χ1) is 27.4. The molecule has 0 amide bonds. The van der Waals surface area contributed by atoms with Gasteiger partial charge in [0.2, 0.25) is 0 Å². The van der Waals surface area contributed by atoms with Gasteiger partial charge in [-0.25, -0.2) is 0 Å². The molecule has 0 N–H and O–H groups in total. The molecular weight excluding hydrogens is 697 g/mol. The number of carbonyl (C=O) groups is 3. The SMILES string of the molecule is CCCCCCCCCCCCCCCCCCCCC(=O)O[C@@H](COC(=O)CCCCCCC)COC(=O)CCCCCCCCCCCCCCC(C)C. The molecule has 0 fully saturated rings. The first-order valence-corrected chi connectivity index (χ1v) is 24.9. The zero-order chi connectivity index (χ0) is 41.0. The lowest BCUT2D eigenvalue weighted by atomic mass is 10.0. The van der Waals surface area contributed by atoms with Crippen LogP contribution < -0.4 is 0 Å². The van der Waals surface area contributed by atoms with E-state index in [9.17, 15) is 14.4 Å². The standard InChI is InChI=1S/C50H96O6/c1-5-7-9-11-12-13-14-15-16-17-18-19-20-25-28-31-35-39-43-50(53)56-47(44-54-48(51)41-37-32-10-8-6-2)45-55-49(52)42-38-34-30-27-24-22-21-23-26-29-33-36-40-46(3)4/h46-47H,5-45H2,1-4H3/t47-/m0/s1. The van der Waals surface area contributed by atoms with Crippen molar-refractivity contribution in [2.24, 2.45) is 5.92 Å². The van der Waals surface area contributed by atoms with Gasteiger partial charge in [0.15, 0.2) is 6.10 Å². The highest BCUT2D eigenvalue weighted by atomic mass is 16.6. The average Bonchev–Trinajstić information content (AvgIpc) is 3.18. The number of carbonyl (C=O) groups excluding carboxylic acids is 3. The topological polar surface area (TPSA) is 78.9 Å². The van der Waals surface area contributed by atoms with E-state index in [0.29, 0.717) is 19.3 Å². The van der Waals surface area contributed by atoms with Gasteiger partial charge in [-0.3, -0.25) is 14.4 Å². The fraction of sp³-hybridized carbons (Fsp3) is 0.940. The molecule has 6 nitrogen and oxygen atoms in total. The second kappa shape index (κ2) is 44.5. The van der Waals surface area contributed by atoms with Gasteiger partial charge in [0, 0.05) is 19.3 Å². The second-order valence-corrected chi connectivity index (χ2v) is 17.6. The van der Waals surface area contributed by atoms with Crippen LogP contribution in [0.4, 0.5) is 0 Å².